The van der Waals surface area contributed by atoms with Crippen LogP contribution in [0, 0.1) is 12.0 Å². The average molecular weight is 222 g/mol. The summed E-state index contributed by atoms with van der Waals surface area (Å²) in [6.45, 7) is 1.12. The van der Waals surface area contributed by atoms with Gasteiger partial charge in [-0.1, -0.05) is 36.4 Å². The first-order valence-corrected chi connectivity index (χ1v) is 6.23. The summed E-state index contributed by atoms with van der Waals surface area (Å²) >= 11 is 0. The molecule has 0 amide bonds. The molecular formula is C16H16N. The second kappa shape index (κ2) is 4.62. The molecule has 0 heterocycles. The Balaban J connectivity index is 1.91. The average Bonchev–Trinajstić information content (AvgIpc) is 3.22. The van der Waals surface area contributed by atoms with E-state index in [-0.39, 0.29) is 0 Å². The summed E-state index contributed by atoms with van der Waals surface area (Å²) in [5.74, 6) is 0.865. The molecule has 0 spiro atoms. The van der Waals surface area contributed by atoms with Crippen LogP contribution in [0.4, 0.5) is 11.4 Å². The van der Waals surface area contributed by atoms with E-state index in [1.165, 1.54) is 24.2 Å². The molecule has 3 rings (SSSR count). The minimum Gasteiger partial charge on any atom is -0.341 e. The van der Waals surface area contributed by atoms with Crippen LogP contribution in [-0.4, -0.2) is 6.54 Å². The Labute approximate surface area is 103 Å². The summed E-state index contributed by atoms with van der Waals surface area (Å²) < 4.78 is 0. The number of para-hydroxylation sites is 2. The van der Waals surface area contributed by atoms with Gasteiger partial charge in [0.15, 0.2) is 0 Å². The second-order valence-corrected chi connectivity index (χ2v) is 4.64. The molecule has 1 fully saturated rings. The first-order valence-electron chi connectivity index (χ1n) is 6.23. The van der Waals surface area contributed by atoms with Gasteiger partial charge < -0.3 is 4.90 Å². The minimum atomic E-state index is 0.865. The van der Waals surface area contributed by atoms with Crippen LogP contribution in [0.2, 0.25) is 0 Å². The first-order chi connectivity index (χ1) is 8.43. The number of hydrogen-bond acceptors (Lipinski definition) is 1. The van der Waals surface area contributed by atoms with E-state index in [1.54, 1.807) is 0 Å². The van der Waals surface area contributed by atoms with E-state index in [9.17, 15) is 0 Å². The van der Waals surface area contributed by atoms with Gasteiger partial charge in [0.2, 0.25) is 0 Å². The number of nitrogens with zero attached hydrogens (tertiary/aromatic N) is 1. The highest BCUT2D eigenvalue weighted by Crippen LogP contribution is 2.34. The van der Waals surface area contributed by atoms with Crippen molar-refractivity contribution in [1.82, 2.24) is 0 Å². The molecule has 85 valence electrons. The Morgan fingerprint density at radius 2 is 1.76 bits per heavy atom. The van der Waals surface area contributed by atoms with Crippen LogP contribution in [0.15, 0.2) is 54.6 Å². The smallest absolute Gasteiger partial charge is 0.0491 e. The van der Waals surface area contributed by atoms with Crippen molar-refractivity contribution in [3.63, 3.8) is 0 Å². The lowest BCUT2D eigenvalue weighted by Crippen LogP contribution is -2.19. The quantitative estimate of drug-likeness (QED) is 0.754. The van der Waals surface area contributed by atoms with Crippen LogP contribution in [-0.2, 0) is 0 Å². The van der Waals surface area contributed by atoms with Crippen molar-refractivity contribution >= 4 is 11.4 Å². The van der Waals surface area contributed by atoms with Gasteiger partial charge in [0.25, 0.3) is 0 Å². The maximum absolute atomic E-state index is 3.33. The minimum absolute atomic E-state index is 0.865. The Kier molecular flexibility index (Phi) is 2.83. The van der Waals surface area contributed by atoms with Crippen molar-refractivity contribution in [3.8, 4) is 0 Å². The summed E-state index contributed by atoms with van der Waals surface area (Å²) in [6, 6.07) is 22.1. The lowest BCUT2D eigenvalue weighted by Gasteiger charge is -2.24. The van der Waals surface area contributed by atoms with Gasteiger partial charge in [-0.2, -0.15) is 0 Å². The fraction of sp³-hybridized carbons (Fsp3) is 0.250. The highest BCUT2D eigenvalue weighted by molar-refractivity contribution is 5.62. The highest BCUT2D eigenvalue weighted by Gasteiger charge is 2.25. The van der Waals surface area contributed by atoms with Crippen molar-refractivity contribution in [1.29, 1.82) is 0 Å². The molecule has 2 aromatic carbocycles. The number of anilines is 2. The van der Waals surface area contributed by atoms with Crippen molar-refractivity contribution < 1.29 is 0 Å². The zero-order valence-electron chi connectivity index (χ0n) is 9.84. The van der Waals surface area contributed by atoms with Crippen LogP contribution in [0.25, 0.3) is 0 Å². The highest BCUT2D eigenvalue weighted by atomic mass is 15.1. The topological polar surface area (TPSA) is 3.24 Å². The molecule has 0 saturated heterocycles. The van der Waals surface area contributed by atoms with Gasteiger partial charge in [0.1, 0.15) is 0 Å². The number of rotatable bonds is 4. The molecule has 1 nitrogen and oxygen atoms in total. The van der Waals surface area contributed by atoms with E-state index in [0.717, 1.165) is 12.5 Å². The zero-order chi connectivity index (χ0) is 11.5. The summed E-state index contributed by atoms with van der Waals surface area (Å²) in [5, 5.41) is 0. The molecule has 1 heteroatoms. The normalized spacial score (nSPS) is 14.6. The molecule has 1 radical (unpaired) electrons. The molecule has 1 aliphatic carbocycles. The van der Waals surface area contributed by atoms with Gasteiger partial charge in [-0.05, 0) is 37.0 Å². The van der Waals surface area contributed by atoms with E-state index in [0.29, 0.717) is 0 Å². The van der Waals surface area contributed by atoms with E-state index in [4.69, 9.17) is 0 Å². The van der Waals surface area contributed by atoms with Crippen LogP contribution in [0.3, 0.4) is 0 Å². The molecule has 0 N–H and O–H groups in total. The third-order valence-electron chi connectivity index (χ3n) is 3.19. The van der Waals surface area contributed by atoms with Crippen LogP contribution in [0.5, 0.6) is 0 Å². The number of benzene rings is 2. The SMILES string of the molecule is [c]1ccccc1N(CC1CC1)c1ccccc1. The second-order valence-electron chi connectivity index (χ2n) is 4.64. The Morgan fingerprint density at radius 3 is 2.41 bits per heavy atom. The van der Waals surface area contributed by atoms with Gasteiger partial charge in [0.05, 0.1) is 0 Å². The van der Waals surface area contributed by atoms with Crippen LogP contribution < -0.4 is 4.90 Å². The molecular weight excluding hydrogens is 206 g/mol. The number of hydrogen-bond donors (Lipinski definition) is 0. The molecule has 1 saturated carbocycles. The van der Waals surface area contributed by atoms with Crippen LogP contribution >= 0.6 is 0 Å². The molecule has 0 bridgehead atoms. The van der Waals surface area contributed by atoms with Gasteiger partial charge in [-0.3, -0.25) is 0 Å². The summed E-state index contributed by atoms with van der Waals surface area (Å²) in [4.78, 5) is 2.37. The largest absolute Gasteiger partial charge is 0.341 e. The van der Waals surface area contributed by atoms with Crippen molar-refractivity contribution in [2.24, 2.45) is 5.92 Å². The fourth-order valence-electron chi connectivity index (χ4n) is 2.06. The molecule has 2 aromatic rings. The Hall–Kier alpha value is -1.76. The summed E-state index contributed by atoms with van der Waals surface area (Å²) in [5.41, 5.74) is 2.44. The van der Waals surface area contributed by atoms with E-state index in [1.807, 2.05) is 12.1 Å². The maximum Gasteiger partial charge on any atom is 0.0491 e. The lowest BCUT2D eigenvalue weighted by molar-refractivity contribution is 0.813. The van der Waals surface area contributed by atoms with Gasteiger partial charge in [0, 0.05) is 24.0 Å². The van der Waals surface area contributed by atoms with Gasteiger partial charge in [-0.15, -0.1) is 0 Å². The summed E-state index contributed by atoms with van der Waals surface area (Å²) in [7, 11) is 0. The molecule has 0 aliphatic heterocycles. The molecule has 0 atom stereocenters. The van der Waals surface area contributed by atoms with E-state index >= 15 is 0 Å². The van der Waals surface area contributed by atoms with Crippen molar-refractivity contribution in [2.75, 3.05) is 11.4 Å². The molecule has 0 unspecified atom stereocenters. The third kappa shape index (κ3) is 2.50. The van der Waals surface area contributed by atoms with Gasteiger partial charge in [-0.25, -0.2) is 0 Å². The van der Waals surface area contributed by atoms with E-state index < -0.39 is 0 Å². The maximum atomic E-state index is 3.33. The standard InChI is InChI=1S/C16H16N/c1-3-7-15(8-4-1)17(13-14-11-12-14)16-9-5-2-6-10-16/h1-9,14H,11-13H2. The van der Waals surface area contributed by atoms with Gasteiger partial charge >= 0.3 is 0 Å². The predicted octanol–water partition coefficient (Wildman–Crippen LogP) is 4.03. The zero-order valence-corrected chi connectivity index (χ0v) is 9.84. The molecule has 17 heavy (non-hydrogen) atoms. The Bertz CT molecular complexity index is 420. The van der Waals surface area contributed by atoms with Crippen molar-refractivity contribution in [3.05, 3.63) is 60.7 Å². The summed E-state index contributed by atoms with van der Waals surface area (Å²) in [6.07, 6.45) is 2.74. The van der Waals surface area contributed by atoms with E-state index in [2.05, 4.69) is 53.4 Å². The van der Waals surface area contributed by atoms with Crippen LogP contribution in [0.1, 0.15) is 12.8 Å². The molecule has 1 aliphatic rings. The monoisotopic (exact) mass is 222 g/mol. The third-order valence-corrected chi connectivity index (χ3v) is 3.19. The first kappa shape index (κ1) is 10.4. The van der Waals surface area contributed by atoms with Crippen molar-refractivity contribution in [2.45, 2.75) is 12.8 Å². The fourth-order valence-corrected chi connectivity index (χ4v) is 2.06. The lowest BCUT2D eigenvalue weighted by atomic mass is 10.2. The Morgan fingerprint density at radius 1 is 1.00 bits per heavy atom. The molecule has 0 aromatic heterocycles. The predicted molar refractivity (Wildman–Crippen MR) is 71.5 cm³/mol.